The Bertz CT molecular complexity index is 383. The molecular weight excluding hydrogens is 232 g/mol. The van der Waals surface area contributed by atoms with Gasteiger partial charge in [-0.25, -0.2) is 10.2 Å². The molecule has 1 aliphatic rings. The first-order valence-electron chi connectivity index (χ1n) is 6.09. The van der Waals surface area contributed by atoms with Gasteiger partial charge in [-0.15, -0.1) is 0 Å². The van der Waals surface area contributed by atoms with Gasteiger partial charge in [0.25, 0.3) is 0 Å². The smallest absolute Gasteiger partial charge is 0.421 e. The lowest BCUT2D eigenvalue weighted by molar-refractivity contribution is 0.104. The number of hydrogen-bond donors (Lipinski definition) is 2. The zero-order chi connectivity index (χ0) is 12.8. The largest absolute Gasteiger partial charge is 0.444 e. The van der Waals surface area contributed by atoms with Crippen molar-refractivity contribution in [3.05, 3.63) is 35.9 Å². The Kier molecular flexibility index (Phi) is 4.55. The molecule has 0 unspecified atom stereocenters. The van der Waals surface area contributed by atoms with Gasteiger partial charge in [0.1, 0.15) is 6.61 Å². The van der Waals surface area contributed by atoms with Crippen molar-refractivity contribution in [2.75, 3.05) is 6.61 Å². The van der Waals surface area contributed by atoms with E-state index >= 15 is 0 Å². The number of benzene rings is 1. The summed E-state index contributed by atoms with van der Waals surface area (Å²) in [5.74, 6) is 0. The van der Waals surface area contributed by atoms with Crippen LogP contribution in [0.3, 0.4) is 0 Å². The monoisotopic (exact) mass is 250 g/mol. The van der Waals surface area contributed by atoms with E-state index in [4.69, 9.17) is 9.47 Å². The zero-order valence-corrected chi connectivity index (χ0v) is 10.4. The minimum atomic E-state index is -0.474. The fourth-order valence-electron chi connectivity index (χ4n) is 1.83. The van der Waals surface area contributed by atoms with Crippen LogP contribution >= 0.6 is 0 Å². The topological polar surface area (TPSA) is 59.6 Å². The van der Waals surface area contributed by atoms with Crippen LogP contribution in [0.2, 0.25) is 0 Å². The number of nitrogens with one attached hydrogen (secondary N) is 2. The molecule has 1 aromatic rings. The lowest BCUT2D eigenvalue weighted by Crippen LogP contribution is -2.47. The Morgan fingerprint density at radius 2 is 2.22 bits per heavy atom. The molecule has 0 aliphatic carbocycles. The van der Waals surface area contributed by atoms with Crippen LogP contribution in [0.25, 0.3) is 0 Å². The van der Waals surface area contributed by atoms with Gasteiger partial charge in [0.2, 0.25) is 0 Å². The maximum absolute atomic E-state index is 11.4. The number of hydrogen-bond acceptors (Lipinski definition) is 4. The third kappa shape index (κ3) is 3.72. The Morgan fingerprint density at radius 1 is 1.44 bits per heavy atom. The first-order chi connectivity index (χ1) is 8.75. The van der Waals surface area contributed by atoms with E-state index in [1.54, 1.807) is 0 Å². The molecule has 5 nitrogen and oxygen atoms in total. The first-order valence-corrected chi connectivity index (χ1v) is 6.09. The SMILES string of the molecule is C[C@H]1OCC[C@H]1NNC(=O)OCc1ccccc1. The van der Waals surface area contributed by atoms with Crippen LogP contribution in [0, 0.1) is 0 Å². The molecule has 1 amide bonds. The van der Waals surface area contributed by atoms with E-state index in [1.807, 2.05) is 37.3 Å². The third-order valence-electron chi connectivity index (χ3n) is 2.95. The van der Waals surface area contributed by atoms with Gasteiger partial charge in [0.15, 0.2) is 0 Å². The second-order valence-electron chi connectivity index (χ2n) is 4.30. The van der Waals surface area contributed by atoms with E-state index in [-0.39, 0.29) is 18.8 Å². The number of carbonyl (C=O) groups is 1. The Hall–Kier alpha value is -1.59. The minimum absolute atomic E-state index is 0.111. The van der Waals surface area contributed by atoms with Crippen LogP contribution in [0.4, 0.5) is 4.79 Å². The summed E-state index contributed by atoms with van der Waals surface area (Å²) in [6, 6.07) is 9.71. The van der Waals surface area contributed by atoms with Gasteiger partial charge < -0.3 is 9.47 Å². The average molecular weight is 250 g/mol. The highest BCUT2D eigenvalue weighted by Crippen LogP contribution is 2.11. The Morgan fingerprint density at radius 3 is 2.89 bits per heavy atom. The fourth-order valence-corrected chi connectivity index (χ4v) is 1.83. The zero-order valence-electron chi connectivity index (χ0n) is 10.4. The molecule has 0 saturated carbocycles. The molecule has 2 atom stereocenters. The highest BCUT2D eigenvalue weighted by Gasteiger charge is 2.24. The van der Waals surface area contributed by atoms with Crippen molar-refractivity contribution in [1.29, 1.82) is 0 Å². The molecule has 2 rings (SSSR count). The van der Waals surface area contributed by atoms with Crippen molar-refractivity contribution in [2.45, 2.75) is 32.1 Å². The molecule has 1 aromatic carbocycles. The molecule has 0 aromatic heterocycles. The van der Waals surface area contributed by atoms with Gasteiger partial charge in [0, 0.05) is 6.61 Å². The van der Waals surface area contributed by atoms with Gasteiger partial charge >= 0.3 is 6.09 Å². The normalized spacial score (nSPS) is 22.7. The fraction of sp³-hybridized carbons (Fsp3) is 0.462. The lowest BCUT2D eigenvalue weighted by atomic mass is 10.2. The maximum Gasteiger partial charge on any atom is 0.421 e. The molecule has 1 fully saturated rings. The van der Waals surface area contributed by atoms with Gasteiger partial charge in [-0.3, -0.25) is 5.43 Å². The van der Waals surface area contributed by atoms with Crippen LogP contribution in [-0.2, 0) is 16.1 Å². The summed E-state index contributed by atoms with van der Waals surface area (Å²) in [5.41, 5.74) is 6.42. The second kappa shape index (κ2) is 6.37. The van der Waals surface area contributed by atoms with Crippen LogP contribution in [0.5, 0.6) is 0 Å². The highest BCUT2D eigenvalue weighted by molar-refractivity contribution is 5.66. The molecule has 2 N–H and O–H groups in total. The minimum Gasteiger partial charge on any atom is -0.444 e. The van der Waals surface area contributed by atoms with Crippen LogP contribution in [0.15, 0.2) is 30.3 Å². The molecule has 1 heterocycles. The predicted octanol–water partition coefficient (Wildman–Crippen LogP) is 1.59. The van der Waals surface area contributed by atoms with Gasteiger partial charge in [-0.1, -0.05) is 30.3 Å². The molecule has 0 radical (unpaired) electrons. The molecule has 1 aliphatic heterocycles. The summed E-state index contributed by atoms with van der Waals surface area (Å²) < 4.78 is 10.4. The standard InChI is InChI=1S/C13H18N2O3/c1-10-12(7-8-17-10)14-15-13(16)18-9-11-5-3-2-4-6-11/h2-6,10,12,14H,7-9H2,1H3,(H,15,16)/t10-,12-/m1/s1. The van der Waals surface area contributed by atoms with E-state index in [0.717, 1.165) is 18.6 Å². The Labute approximate surface area is 106 Å². The van der Waals surface area contributed by atoms with E-state index in [1.165, 1.54) is 0 Å². The van der Waals surface area contributed by atoms with E-state index in [0.29, 0.717) is 0 Å². The summed E-state index contributed by atoms with van der Waals surface area (Å²) in [5, 5.41) is 0. The summed E-state index contributed by atoms with van der Waals surface area (Å²) in [6.07, 6.45) is 0.525. The van der Waals surface area contributed by atoms with Crippen LogP contribution < -0.4 is 10.9 Å². The molecule has 0 bridgehead atoms. The van der Waals surface area contributed by atoms with Crippen LogP contribution in [0.1, 0.15) is 18.9 Å². The van der Waals surface area contributed by atoms with Crippen molar-refractivity contribution in [1.82, 2.24) is 10.9 Å². The summed E-state index contributed by atoms with van der Waals surface area (Å²) in [6.45, 7) is 2.96. The lowest BCUT2D eigenvalue weighted by Gasteiger charge is -2.16. The van der Waals surface area contributed by atoms with E-state index in [9.17, 15) is 4.79 Å². The second-order valence-corrected chi connectivity index (χ2v) is 4.30. The van der Waals surface area contributed by atoms with Crippen molar-refractivity contribution < 1.29 is 14.3 Å². The number of ether oxygens (including phenoxy) is 2. The number of hydrazine groups is 1. The number of rotatable bonds is 4. The Balaban J connectivity index is 1.66. The predicted molar refractivity (Wildman–Crippen MR) is 66.7 cm³/mol. The molecular formula is C13H18N2O3. The molecule has 98 valence electrons. The quantitative estimate of drug-likeness (QED) is 0.797. The molecule has 0 spiro atoms. The number of amides is 1. The first kappa shape index (κ1) is 12.9. The van der Waals surface area contributed by atoms with Crippen molar-refractivity contribution in [3.8, 4) is 0 Å². The van der Waals surface area contributed by atoms with E-state index in [2.05, 4.69) is 10.9 Å². The van der Waals surface area contributed by atoms with Gasteiger partial charge in [-0.05, 0) is 18.9 Å². The van der Waals surface area contributed by atoms with Gasteiger partial charge in [-0.2, -0.15) is 0 Å². The van der Waals surface area contributed by atoms with Gasteiger partial charge in [0.05, 0.1) is 12.1 Å². The molecule has 1 saturated heterocycles. The third-order valence-corrected chi connectivity index (χ3v) is 2.95. The van der Waals surface area contributed by atoms with Crippen LogP contribution in [-0.4, -0.2) is 24.8 Å². The molecule has 18 heavy (non-hydrogen) atoms. The van der Waals surface area contributed by atoms with E-state index < -0.39 is 6.09 Å². The van der Waals surface area contributed by atoms with Crippen molar-refractivity contribution in [2.24, 2.45) is 0 Å². The summed E-state index contributed by atoms with van der Waals surface area (Å²) >= 11 is 0. The summed E-state index contributed by atoms with van der Waals surface area (Å²) in [7, 11) is 0. The summed E-state index contributed by atoms with van der Waals surface area (Å²) in [4.78, 5) is 11.4. The van der Waals surface area contributed by atoms with Crippen molar-refractivity contribution in [3.63, 3.8) is 0 Å². The van der Waals surface area contributed by atoms with Crippen molar-refractivity contribution >= 4 is 6.09 Å². The highest BCUT2D eigenvalue weighted by atomic mass is 16.6. The average Bonchev–Trinajstić information content (AvgIpc) is 2.81. The number of carbonyl (C=O) groups excluding carboxylic acids is 1. The molecule has 5 heteroatoms. The maximum atomic E-state index is 11.4.